The number of pyridine rings is 1. The van der Waals surface area contributed by atoms with Gasteiger partial charge in [0.1, 0.15) is 0 Å². The van der Waals surface area contributed by atoms with E-state index >= 15 is 0 Å². The van der Waals surface area contributed by atoms with Crippen LogP contribution < -0.4 is 0 Å². The highest BCUT2D eigenvalue weighted by atomic mass is 79.9. The van der Waals surface area contributed by atoms with Gasteiger partial charge in [0.05, 0.1) is 22.0 Å². The zero-order valence-electron chi connectivity index (χ0n) is 10.5. The number of rotatable bonds is 4. The Hall–Kier alpha value is -1.20. The molecule has 2 rings (SSSR count). The zero-order chi connectivity index (χ0) is 13.1. The monoisotopic (exact) mass is 309 g/mol. The minimum atomic E-state index is -0.538. The molecule has 5 heteroatoms. The number of halogens is 1. The lowest BCUT2D eigenvalue weighted by molar-refractivity contribution is 0.175. The Morgan fingerprint density at radius 3 is 2.61 bits per heavy atom. The first kappa shape index (κ1) is 13.2. The van der Waals surface area contributed by atoms with Crippen LogP contribution in [0.4, 0.5) is 0 Å². The normalized spacial score (nSPS) is 12.7. The van der Waals surface area contributed by atoms with E-state index in [1.807, 2.05) is 23.9 Å². The Bertz CT molecular complexity index is 525. The molecule has 0 saturated carbocycles. The predicted molar refractivity (Wildman–Crippen MR) is 73.2 cm³/mol. The van der Waals surface area contributed by atoms with Gasteiger partial charge in [-0.3, -0.25) is 9.67 Å². The van der Waals surface area contributed by atoms with Crippen molar-refractivity contribution in [1.82, 2.24) is 14.8 Å². The van der Waals surface area contributed by atoms with Gasteiger partial charge >= 0.3 is 0 Å². The number of aliphatic hydroxyl groups excluding tert-OH is 1. The lowest BCUT2D eigenvalue weighted by atomic mass is 10.1. The van der Waals surface area contributed by atoms with Crippen molar-refractivity contribution < 1.29 is 5.11 Å². The van der Waals surface area contributed by atoms with Crippen LogP contribution in [0.5, 0.6) is 0 Å². The van der Waals surface area contributed by atoms with Gasteiger partial charge in [0.2, 0.25) is 0 Å². The largest absolute Gasteiger partial charge is 0.388 e. The van der Waals surface area contributed by atoms with Crippen molar-refractivity contribution in [2.24, 2.45) is 7.05 Å². The van der Waals surface area contributed by atoms with Gasteiger partial charge < -0.3 is 5.11 Å². The quantitative estimate of drug-likeness (QED) is 0.943. The van der Waals surface area contributed by atoms with Crippen LogP contribution in [0.2, 0.25) is 0 Å². The Morgan fingerprint density at radius 2 is 2.06 bits per heavy atom. The molecule has 0 radical (unpaired) electrons. The number of aliphatic hydroxyl groups is 1. The molecule has 0 aliphatic rings. The van der Waals surface area contributed by atoms with Crippen LogP contribution in [-0.4, -0.2) is 19.9 Å². The summed E-state index contributed by atoms with van der Waals surface area (Å²) >= 11 is 3.56. The first-order valence-electron chi connectivity index (χ1n) is 5.91. The highest BCUT2D eigenvalue weighted by Crippen LogP contribution is 2.26. The molecular weight excluding hydrogens is 294 g/mol. The van der Waals surface area contributed by atoms with Gasteiger partial charge in [-0.15, -0.1) is 0 Å². The molecule has 18 heavy (non-hydrogen) atoms. The van der Waals surface area contributed by atoms with Crippen LogP contribution >= 0.6 is 15.9 Å². The van der Waals surface area contributed by atoms with E-state index in [4.69, 9.17) is 0 Å². The van der Waals surface area contributed by atoms with Crippen molar-refractivity contribution in [1.29, 1.82) is 0 Å². The van der Waals surface area contributed by atoms with E-state index in [9.17, 15) is 5.11 Å². The molecule has 2 aromatic rings. The van der Waals surface area contributed by atoms with E-state index in [1.54, 1.807) is 12.4 Å². The Morgan fingerprint density at radius 1 is 1.39 bits per heavy atom. The second kappa shape index (κ2) is 5.63. The zero-order valence-corrected chi connectivity index (χ0v) is 12.1. The van der Waals surface area contributed by atoms with Crippen LogP contribution in [-0.2, 0) is 19.9 Å². The van der Waals surface area contributed by atoms with Gasteiger partial charge in [-0.25, -0.2) is 0 Å². The Balaban J connectivity index is 2.22. The molecule has 96 valence electrons. The third kappa shape index (κ3) is 2.62. The third-order valence-electron chi connectivity index (χ3n) is 2.98. The van der Waals surface area contributed by atoms with E-state index in [2.05, 4.69) is 32.9 Å². The molecule has 0 amide bonds. The maximum absolute atomic E-state index is 10.2. The van der Waals surface area contributed by atoms with E-state index < -0.39 is 6.10 Å². The summed E-state index contributed by atoms with van der Waals surface area (Å²) in [7, 11) is 1.90. The van der Waals surface area contributed by atoms with Gasteiger partial charge in [-0.05, 0) is 40.0 Å². The molecule has 0 aliphatic carbocycles. The van der Waals surface area contributed by atoms with Crippen LogP contribution in [0.1, 0.15) is 30.0 Å². The predicted octanol–water partition coefficient (Wildman–Crippen LogP) is 2.42. The third-order valence-corrected chi connectivity index (χ3v) is 3.90. The molecule has 4 nitrogen and oxygen atoms in total. The molecular formula is C13H16BrN3O. The van der Waals surface area contributed by atoms with E-state index in [0.717, 1.165) is 27.8 Å². The summed E-state index contributed by atoms with van der Waals surface area (Å²) in [5.74, 6) is 0. The number of hydrogen-bond donors (Lipinski definition) is 1. The molecule has 2 aromatic heterocycles. The smallest absolute Gasteiger partial charge is 0.0846 e. The Labute approximate surface area is 115 Å². The summed E-state index contributed by atoms with van der Waals surface area (Å²) in [4.78, 5) is 3.95. The summed E-state index contributed by atoms with van der Waals surface area (Å²) in [5, 5.41) is 14.6. The van der Waals surface area contributed by atoms with Crippen molar-refractivity contribution in [2.45, 2.75) is 25.9 Å². The van der Waals surface area contributed by atoms with Crippen LogP contribution in [0.3, 0.4) is 0 Å². The number of aryl methyl sites for hydroxylation is 2. The van der Waals surface area contributed by atoms with Crippen molar-refractivity contribution in [3.63, 3.8) is 0 Å². The van der Waals surface area contributed by atoms with Gasteiger partial charge in [0.25, 0.3) is 0 Å². The second-order valence-corrected chi connectivity index (χ2v) is 4.98. The van der Waals surface area contributed by atoms with E-state index in [0.29, 0.717) is 6.42 Å². The van der Waals surface area contributed by atoms with Crippen molar-refractivity contribution in [2.75, 3.05) is 0 Å². The SMILES string of the molecule is CCc1nn(C)c(CC(O)c2ccncc2)c1Br. The average Bonchev–Trinajstić information content (AvgIpc) is 2.67. The lowest BCUT2D eigenvalue weighted by Crippen LogP contribution is -2.07. The summed E-state index contributed by atoms with van der Waals surface area (Å²) < 4.78 is 2.83. The second-order valence-electron chi connectivity index (χ2n) is 4.18. The molecule has 0 spiro atoms. The summed E-state index contributed by atoms with van der Waals surface area (Å²) in [6, 6.07) is 3.66. The van der Waals surface area contributed by atoms with Gasteiger partial charge in [-0.1, -0.05) is 6.92 Å². The molecule has 0 aliphatic heterocycles. The molecule has 1 atom stereocenters. The van der Waals surface area contributed by atoms with Gasteiger partial charge in [0.15, 0.2) is 0 Å². The molecule has 1 unspecified atom stereocenters. The average molecular weight is 310 g/mol. The summed E-state index contributed by atoms with van der Waals surface area (Å²) in [5.41, 5.74) is 2.90. The number of hydrogen-bond acceptors (Lipinski definition) is 3. The molecule has 2 heterocycles. The highest BCUT2D eigenvalue weighted by molar-refractivity contribution is 9.10. The summed E-state index contributed by atoms with van der Waals surface area (Å²) in [6.45, 7) is 2.07. The van der Waals surface area contributed by atoms with Crippen molar-refractivity contribution in [3.05, 3.63) is 46.0 Å². The van der Waals surface area contributed by atoms with Crippen molar-refractivity contribution in [3.8, 4) is 0 Å². The van der Waals surface area contributed by atoms with E-state index in [1.165, 1.54) is 0 Å². The van der Waals surface area contributed by atoms with Crippen molar-refractivity contribution >= 4 is 15.9 Å². The number of aromatic nitrogens is 3. The fourth-order valence-electron chi connectivity index (χ4n) is 1.93. The molecule has 0 aromatic carbocycles. The first-order valence-corrected chi connectivity index (χ1v) is 6.71. The van der Waals surface area contributed by atoms with Crippen LogP contribution in [0, 0.1) is 0 Å². The van der Waals surface area contributed by atoms with Gasteiger partial charge in [-0.2, -0.15) is 5.10 Å². The van der Waals surface area contributed by atoms with Crippen LogP contribution in [0.15, 0.2) is 29.0 Å². The minimum absolute atomic E-state index is 0.536. The maximum Gasteiger partial charge on any atom is 0.0846 e. The molecule has 0 bridgehead atoms. The molecule has 0 fully saturated rings. The van der Waals surface area contributed by atoms with E-state index in [-0.39, 0.29) is 0 Å². The first-order chi connectivity index (χ1) is 8.63. The molecule has 1 N–H and O–H groups in total. The number of nitrogens with zero attached hydrogens (tertiary/aromatic N) is 3. The maximum atomic E-state index is 10.2. The van der Waals surface area contributed by atoms with Crippen LogP contribution in [0.25, 0.3) is 0 Å². The molecule has 0 saturated heterocycles. The Kier molecular flexibility index (Phi) is 4.14. The fraction of sp³-hybridized carbons (Fsp3) is 0.385. The standard InChI is InChI=1S/C13H16BrN3O/c1-3-10-13(14)11(17(2)16-10)8-12(18)9-4-6-15-7-5-9/h4-7,12,18H,3,8H2,1-2H3. The highest BCUT2D eigenvalue weighted by Gasteiger charge is 2.17. The summed E-state index contributed by atoms with van der Waals surface area (Å²) in [6.07, 6.45) is 4.25. The topological polar surface area (TPSA) is 50.9 Å². The fourth-order valence-corrected chi connectivity index (χ4v) is 2.71. The minimum Gasteiger partial charge on any atom is -0.388 e. The van der Waals surface area contributed by atoms with Gasteiger partial charge in [0, 0.05) is 25.9 Å². The lowest BCUT2D eigenvalue weighted by Gasteiger charge is -2.11.